The van der Waals surface area contributed by atoms with E-state index in [4.69, 9.17) is 4.74 Å². The zero-order valence-electron chi connectivity index (χ0n) is 7.04. The largest absolute Gasteiger partial charge is 0.497 e. The molecule has 12 heavy (non-hydrogen) atoms. The molecule has 1 aromatic rings. The van der Waals surface area contributed by atoms with Crippen molar-refractivity contribution in [3.63, 3.8) is 0 Å². The number of methoxy groups -OCH3 is 1. The number of benzene rings is 1. The second kappa shape index (κ2) is 3.92. The van der Waals surface area contributed by atoms with Gasteiger partial charge in [-0.3, -0.25) is 0 Å². The van der Waals surface area contributed by atoms with Gasteiger partial charge in [0.15, 0.2) is 0 Å². The van der Waals surface area contributed by atoms with Gasteiger partial charge in [0.1, 0.15) is 5.75 Å². The number of halogens is 1. The summed E-state index contributed by atoms with van der Waals surface area (Å²) < 4.78 is 5.93. The summed E-state index contributed by atoms with van der Waals surface area (Å²) in [5.41, 5.74) is 0.842. The van der Waals surface area contributed by atoms with Gasteiger partial charge in [0.05, 0.1) is 13.2 Å². The fraction of sp³-hybridized carbons (Fsp3) is 0.333. The third-order valence-corrected chi connectivity index (χ3v) is 2.38. The fourth-order valence-corrected chi connectivity index (χ4v) is 1.55. The van der Waals surface area contributed by atoms with E-state index in [0.717, 1.165) is 15.8 Å². The highest BCUT2D eigenvalue weighted by molar-refractivity contribution is 9.10. The van der Waals surface area contributed by atoms with E-state index in [9.17, 15) is 5.11 Å². The molecule has 0 fully saturated rings. The predicted octanol–water partition coefficient (Wildman–Crippen LogP) is 2.51. The van der Waals surface area contributed by atoms with Gasteiger partial charge in [0.25, 0.3) is 0 Å². The van der Waals surface area contributed by atoms with Gasteiger partial charge in [-0.2, -0.15) is 0 Å². The number of aliphatic hydroxyl groups is 1. The first kappa shape index (κ1) is 9.55. The smallest absolute Gasteiger partial charge is 0.119 e. The van der Waals surface area contributed by atoms with Crippen molar-refractivity contribution in [1.82, 2.24) is 0 Å². The van der Waals surface area contributed by atoms with Gasteiger partial charge in [0, 0.05) is 4.47 Å². The van der Waals surface area contributed by atoms with E-state index in [2.05, 4.69) is 15.9 Å². The first-order valence-electron chi connectivity index (χ1n) is 3.66. The quantitative estimate of drug-likeness (QED) is 0.847. The van der Waals surface area contributed by atoms with Crippen molar-refractivity contribution in [2.75, 3.05) is 7.11 Å². The maximum Gasteiger partial charge on any atom is 0.119 e. The summed E-state index contributed by atoms with van der Waals surface area (Å²) in [4.78, 5) is 0. The van der Waals surface area contributed by atoms with E-state index in [0.29, 0.717) is 0 Å². The Balaban J connectivity index is 3.08. The minimum atomic E-state index is -0.477. The molecule has 2 nitrogen and oxygen atoms in total. The van der Waals surface area contributed by atoms with Crippen molar-refractivity contribution < 1.29 is 9.84 Å². The van der Waals surface area contributed by atoms with E-state index in [-0.39, 0.29) is 0 Å². The molecule has 0 radical (unpaired) electrons. The Bertz CT molecular complexity index is 271. The maximum atomic E-state index is 9.34. The number of aliphatic hydroxyl groups excluding tert-OH is 1. The lowest BCUT2D eigenvalue weighted by Crippen LogP contribution is -1.93. The molecule has 0 bridgehead atoms. The molecule has 0 heterocycles. The van der Waals surface area contributed by atoms with Crippen LogP contribution >= 0.6 is 15.9 Å². The molecule has 3 heteroatoms. The van der Waals surface area contributed by atoms with E-state index in [1.54, 1.807) is 14.0 Å². The summed E-state index contributed by atoms with van der Waals surface area (Å²) in [6.45, 7) is 1.72. The van der Waals surface area contributed by atoms with Crippen LogP contribution < -0.4 is 4.74 Å². The maximum absolute atomic E-state index is 9.34. The lowest BCUT2D eigenvalue weighted by molar-refractivity contribution is 0.198. The Morgan fingerprint density at radius 3 is 2.67 bits per heavy atom. The zero-order valence-corrected chi connectivity index (χ0v) is 8.63. The summed E-state index contributed by atoms with van der Waals surface area (Å²) in [5.74, 6) is 0.758. The Morgan fingerprint density at radius 1 is 1.50 bits per heavy atom. The van der Waals surface area contributed by atoms with Gasteiger partial charge in [0.2, 0.25) is 0 Å². The Labute approximate surface area is 80.3 Å². The van der Waals surface area contributed by atoms with E-state index in [1.165, 1.54) is 0 Å². The summed E-state index contributed by atoms with van der Waals surface area (Å²) in [6.07, 6.45) is -0.477. The summed E-state index contributed by atoms with van der Waals surface area (Å²) in [7, 11) is 1.61. The van der Waals surface area contributed by atoms with Crippen molar-refractivity contribution in [3.8, 4) is 5.75 Å². The van der Waals surface area contributed by atoms with Crippen LogP contribution in [0.15, 0.2) is 22.7 Å². The topological polar surface area (TPSA) is 29.5 Å². The average Bonchev–Trinajstić information content (AvgIpc) is 2.05. The van der Waals surface area contributed by atoms with Gasteiger partial charge in [-0.25, -0.2) is 0 Å². The highest BCUT2D eigenvalue weighted by Crippen LogP contribution is 2.27. The molecular weight excluding hydrogens is 220 g/mol. The number of rotatable bonds is 2. The minimum absolute atomic E-state index is 0.477. The normalized spacial score (nSPS) is 12.7. The molecule has 1 rings (SSSR count). The fourth-order valence-electron chi connectivity index (χ4n) is 0.969. The van der Waals surface area contributed by atoms with Gasteiger partial charge >= 0.3 is 0 Å². The molecule has 0 unspecified atom stereocenters. The van der Waals surface area contributed by atoms with Crippen LogP contribution in [0.4, 0.5) is 0 Å². The third-order valence-electron chi connectivity index (χ3n) is 1.65. The molecule has 0 aliphatic carbocycles. The van der Waals surface area contributed by atoms with Gasteiger partial charge in [-0.1, -0.05) is 15.9 Å². The molecule has 0 aliphatic rings. The van der Waals surface area contributed by atoms with Crippen LogP contribution in [0.1, 0.15) is 18.6 Å². The van der Waals surface area contributed by atoms with E-state index >= 15 is 0 Å². The van der Waals surface area contributed by atoms with Gasteiger partial charge < -0.3 is 9.84 Å². The number of hydrogen-bond donors (Lipinski definition) is 1. The van der Waals surface area contributed by atoms with Crippen LogP contribution in [-0.4, -0.2) is 12.2 Å². The van der Waals surface area contributed by atoms with Crippen molar-refractivity contribution in [2.24, 2.45) is 0 Å². The van der Waals surface area contributed by atoms with E-state index in [1.807, 2.05) is 18.2 Å². The highest BCUT2D eigenvalue weighted by atomic mass is 79.9. The van der Waals surface area contributed by atoms with Crippen molar-refractivity contribution in [3.05, 3.63) is 28.2 Å². The van der Waals surface area contributed by atoms with Crippen LogP contribution in [0.3, 0.4) is 0 Å². The van der Waals surface area contributed by atoms with Gasteiger partial charge in [-0.05, 0) is 30.7 Å². The van der Waals surface area contributed by atoms with Crippen LogP contribution in [0, 0.1) is 0 Å². The Hall–Kier alpha value is -0.540. The molecule has 1 aromatic carbocycles. The van der Waals surface area contributed by atoms with Crippen LogP contribution in [0.25, 0.3) is 0 Å². The molecule has 0 spiro atoms. The molecule has 0 aliphatic heterocycles. The van der Waals surface area contributed by atoms with Crippen LogP contribution in [0.5, 0.6) is 5.75 Å². The SMILES string of the molecule is COc1ccc(Br)c([C@@H](C)O)c1. The lowest BCUT2D eigenvalue weighted by atomic mass is 10.1. The number of ether oxygens (including phenoxy) is 1. The molecular formula is C9H11BrO2. The first-order chi connectivity index (χ1) is 5.65. The molecule has 0 saturated carbocycles. The predicted molar refractivity (Wildman–Crippen MR) is 51.3 cm³/mol. The van der Waals surface area contributed by atoms with Crippen LogP contribution in [-0.2, 0) is 0 Å². The van der Waals surface area contributed by atoms with Crippen molar-refractivity contribution in [1.29, 1.82) is 0 Å². The third kappa shape index (κ3) is 1.99. The average molecular weight is 231 g/mol. The van der Waals surface area contributed by atoms with Gasteiger partial charge in [-0.15, -0.1) is 0 Å². The molecule has 1 N–H and O–H groups in total. The van der Waals surface area contributed by atoms with Crippen molar-refractivity contribution in [2.45, 2.75) is 13.0 Å². The Kier molecular flexibility index (Phi) is 3.12. The zero-order chi connectivity index (χ0) is 9.14. The molecule has 0 saturated heterocycles. The van der Waals surface area contributed by atoms with Crippen molar-refractivity contribution >= 4 is 15.9 Å². The summed E-state index contributed by atoms with van der Waals surface area (Å²) >= 11 is 3.34. The second-order valence-corrected chi connectivity index (χ2v) is 3.42. The number of hydrogen-bond acceptors (Lipinski definition) is 2. The molecule has 1 atom stereocenters. The standard InChI is InChI=1S/C9H11BrO2/c1-6(11)8-5-7(12-2)3-4-9(8)10/h3-6,11H,1-2H3/t6-/m1/s1. The highest BCUT2D eigenvalue weighted by Gasteiger charge is 2.06. The Morgan fingerprint density at radius 2 is 2.17 bits per heavy atom. The lowest BCUT2D eigenvalue weighted by Gasteiger charge is -2.08. The minimum Gasteiger partial charge on any atom is -0.497 e. The van der Waals surface area contributed by atoms with E-state index < -0.39 is 6.10 Å². The molecule has 0 amide bonds. The van der Waals surface area contributed by atoms with Crippen LogP contribution in [0.2, 0.25) is 0 Å². The first-order valence-corrected chi connectivity index (χ1v) is 4.46. The summed E-state index contributed by atoms with van der Waals surface area (Å²) in [6, 6.07) is 5.52. The monoisotopic (exact) mass is 230 g/mol. The second-order valence-electron chi connectivity index (χ2n) is 2.56. The summed E-state index contributed by atoms with van der Waals surface area (Å²) in [5, 5.41) is 9.34. The molecule has 66 valence electrons. The molecule has 0 aromatic heterocycles.